The number of alkyl halides is 3. The number of nitrogens with zero attached hydrogens (tertiary/aromatic N) is 2. The van der Waals surface area contributed by atoms with E-state index in [9.17, 15) is 23.1 Å². The van der Waals surface area contributed by atoms with Crippen molar-refractivity contribution in [1.29, 1.82) is 0 Å². The van der Waals surface area contributed by atoms with Gasteiger partial charge >= 0.3 is 6.18 Å². The zero-order chi connectivity index (χ0) is 23.1. The van der Waals surface area contributed by atoms with Crippen molar-refractivity contribution < 1.29 is 23.1 Å². The van der Waals surface area contributed by atoms with Crippen LogP contribution in [-0.4, -0.2) is 33.6 Å². The summed E-state index contributed by atoms with van der Waals surface area (Å²) >= 11 is 1.30. The van der Waals surface area contributed by atoms with E-state index in [1.54, 1.807) is 23.0 Å². The van der Waals surface area contributed by atoms with Crippen molar-refractivity contribution in [2.24, 2.45) is 5.73 Å². The Morgan fingerprint density at radius 1 is 1.28 bits per heavy atom. The van der Waals surface area contributed by atoms with E-state index in [4.69, 9.17) is 5.73 Å². The third-order valence-corrected chi connectivity index (χ3v) is 6.20. The molecule has 0 aliphatic carbocycles. The molecule has 0 saturated carbocycles. The highest BCUT2D eigenvalue weighted by Gasteiger charge is 2.55. The van der Waals surface area contributed by atoms with Crippen molar-refractivity contribution in [2.75, 3.05) is 11.9 Å². The van der Waals surface area contributed by atoms with Crippen LogP contribution in [0.5, 0.6) is 0 Å². The van der Waals surface area contributed by atoms with Gasteiger partial charge in [-0.1, -0.05) is 12.1 Å². The van der Waals surface area contributed by atoms with Crippen molar-refractivity contribution >= 4 is 22.9 Å². The summed E-state index contributed by atoms with van der Waals surface area (Å²) in [5.41, 5.74) is 5.65. The van der Waals surface area contributed by atoms with Crippen LogP contribution in [0.3, 0.4) is 0 Å². The number of nitrogens with two attached hydrogens (primary N) is 1. The summed E-state index contributed by atoms with van der Waals surface area (Å²) in [6.45, 7) is 1.69. The van der Waals surface area contributed by atoms with Crippen LogP contribution in [0.4, 0.5) is 18.9 Å². The minimum Gasteiger partial charge on any atom is -0.384 e. The fourth-order valence-electron chi connectivity index (χ4n) is 3.80. The second-order valence-corrected chi connectivity index (χ2v) is 8.56. The summed E-state index contributed by atoms with van der Waals surface area (Å²) in [4.78, 5) is 20.4. The summed E-state index contributed by atoms with van der Waals surface area (Å²) in [5, 5.41) is 18.5. The average molecular weight is 463 g/mol. The lowest BCUT2D eigenvalue weighted by atomic mass is 9.69. The first kappa shape index (κ1) is 22.3. The minimum absolute atomic E-state index is 0.0893. The lowest BCUT2D eigenvalue weighted by Gasteiger charge is -2.53. The van der Waals surface area contributed by atoms with Gasteiger partial charge in [0.25, 0.3) is 5.91 Å². The average Bonchev–Trinajstić information content (AvgIpc) is 3.27. The molecule has 1 amide bonds. The van der Waals surface area contributed by atoms with Gasteiger partial charge in [-0.15, -0.1) is 11.3 Å². The maximum Gasteiger partial charge on any atom is 0.416 e. The van der Waals surface area contributed by atoms with E-state index in [1.807, 2.05) is 0 Å². The Kier molecular flexibility index (Phi) is 5.53. The number of rotatable bonds is 5. The van der Waals surface area contributed by atoms with E-state index in [0.29, 0.717) is 11.4 Å². The van der Waals surface area contributed by atoms with Gasteiger partial charge < -0.3 is 21.5 Å². The van der Waals surface area contributed by atoms with Crippen molar-refractivity contribution in [3.63, 3.8) is 0 Å². The zero-order valence-corrected chi connectivity index (χ0v) is 17.7. The number of pyridine rings is 1. The Morgan fingerprint density at radius 3 is 2.59 bits per heavy atom. The van der Waals surface area contributed by atoms with Gasteiger partial charge in [-0.2, -0.15) is 13.2 Å². The molecule has 1 aromatic carbocycles. The summed E-state index contributed by atoms with van der Waals surface area (Å²) in [6.07, 6.45) is -3.10. The molecule has 11 heteroatoms. The molecule has 168 valence electrons. The number of nitrogens with one attached hydrogen (secondary N) is 2. The second kappa shape index (κ2) is 7.93. The lowest BCUT2D eigenvalue weighted by molar-refractivity contribution is -0.137. The molecular formula is C21H20F3N5O2S. The molecule has 7 nitrogen and oxygen atoms in total. The Morgan fingerprint density at radius 2 is 2.03 bits per heavy atom. The number of amides is 1. The maximum absolute atomic E-state index is 13.1. The van der Waals surface area contributed by atoms with Crippen molar-refractivity contribution in [1.82, 2.24) is 15.3 Å². The van der Waals surface area contributed by atoms with Crippen LogP contribution in [0.25, 0.3) is 0 Å². The highest BCUT2D eigenvalue weighted by Crippen LogP contribution is 2.41. The van der Waals surface area contributed by atoms with E-state index in [1.165, 1.54) is 36.6 Å². The number of hydrogen-bond acceptors (Lipinski definition) is 7. The van der Waals surface area contributed by atoms with E-state index < -0.39 is 28.9 Å². The SMILES string of the molecule is CC(O)(c1cccc(C(F)(F)F)c1)C1NC[C@]1(N)c1ccc(NC(=O)c2cscn2)cn1. The standard InChI is InChI=1S/C21H20F3N5O2S/c1-19(31,12-3-2-4-13(7-12)21(22,23)24)18-20(25,10-27-18)16-6-5-14(8-26-16)29-17(30)15-9-32-11-28-15/h2-9,11,18,27,31H,10,25H2,1H3,(H,29,30)/t18?,19?,20-/m0/s1. The molecule has 3 atom stereocenters. The molecule has 0 radical (unpaired) electrons. The lowest BCUT2D eigenvalue weighted by Crippen LogP contribution is -2.76. The molecule has 1 fully saturated rings. The molecule has 32 heavy (non-hydrogen) atoms. The van der Waals surface area contributed by atoms with Crippen LogP contribution < -0.4 is 16.4 Å². The second-order valence-electron chi connectivity index (χ2n) is 7.84. The van der Waals surface area contributed by atoms with Gasteiger partial charge in [0.15, 0.2) is 0 Å². The molecule has 4 rings (SSSR count). The van der Waals surface area contributed by atoms with Gasteiger partial charge in [-0.25, -0.2) is 4.98 Å². The number of thiazole rings is 1. The monoisotopic (exact) mass is 463 g/mol. The van der Waals surface area contributed by atoms with Crippen molar-refractivity contribution in [3.8, 4) is 0 Å². The van der Waals surface area contributed by atoms with Crippen LogP contribution in [0, 0.1) is 0 Å². The first-order valence-corrected chi connectivity index (χ1v) is 10.5. The van der Waals surface area contributed by atoms with E-state index in [-0.39, 0.29) is 23.7 Å². The number of hydrogen-bond donors (Lipinski definition) is 4. The number of benzene rings is 1. The maximum atomic E-state index is 13.1. The van der Waals surface area contributed by atoms with E-state index in [0.717, 1.165) is 12.1 Å². The van der Waals surface area contributed by atoms with Crippen LogP contribution in [0.2, 0.25) is 0 Å². The molecule has 5 N–H and O–H groups in total. The topological polar surface area (TPSA) is 113 Å². The molecule has 2 aromatic heterocycles. The molecule has 1 saturated heterocycles. The van der Waals surface area contributed by atoms with Gasteiger partial charge in [0.2, 0.25) is 0 Å². The number of aliphatic hydroxyl groups is 1. The quantitative estimate of drug-likeness (QED) is 0.463. The molecular weight excluding hydrogens is 443 g/mol. The first-order valence-electron chi connectivity index (χ1n) is 9.60. The summed E-state index contributed by atoms with van der Waals surface area (Å²) in [5.74, 6) is -0.376. The molecule has 1 aliphatic rings. The first-order chi connectivity index (χ1) is 15.0. The van der Waals surface area contributed by atoms with Crippen LogP contribution in [-0.2, 0) is 17.3 Å². The molecule has 1 aliphatic heterocycles. The van der Waals surface area contributed by atoms with E-state index >= 15 is 0 Å². The predicted octanol–water partition coefficient (Wildman–Crippen LogP) is 2.84. The summed E-state index contributed by atoms with van der Waals surface area (Å²) < 4.78 is 39.4. The predicted molar refractivity (Wildman–Crippen MR) is 113 cm³/mol. The fraction of sp³-hybridized carbons (Fsp3) is 0.286. The zero-order valence-electron chi connectivity index (χ0n) is 16.8. The van der Waals surface area contributed by atoms with Gasteiger partial charge in [0.05, 0.1) is 40.2 Å². The normalized spacial score (nSPS) is 22.6. The number of carbonyl (C=O) groups excluding carboxylic acids is 1. The Hall–Kier alpha value is -2.86. The van der Waals surface area contributed by atoms with E-state index in [2.05, 4.69) is 20.6 Å². The van der Waals surface area contributed by atoms with Gasteiger partial charge in [0, 0.05) is 11.9 Å². The largest absolute Gasteiger partial charge is 0.416 e. The Bertz CT molecular complexity index is 1120. The minimum atomic E-state index is -4.53. The van der Waals surface area contributed by atoms with Gasteiger partial charge in [-0.05, 0) is 36.8 Å². The molecule has 3 heterocycles. The smallest absolute Gasteiger partial charge is 0.384 e. The van der Waals surface area contributed by atoms with Crippen LogP contribution in [0.15, 0.2) is 53.5 Å². The number of carbonyl (C=O) groups is 1. The molecule has 0 bridgehead atoms. The fourth-order valence-corrected chi connectivity index (χ4v) is 4.33. The van der Waals surface area contributed by atoms with Crippen molar-refractivity contribution in [3.05, 3.63) is 76.0 Å². The van der Waals surface area contributed by atoms with Crippen LogP contribution in [0.1, 0.15) is 34.2 Å². The number of aromatic nitrogens is 2. The highest BCUT2D eigenvalue weighted by molar-refractivity contribution is 7.07. The Balaban J connectivity index is 1.55. The summed E-state index contributed by atoms with van der Waals surface area (Å²) in [7, 11) is 0. The van der Waals surface area contributed by atoms with Gasteiger partial charge in [0.1, 0.15) is 11.3 Å². The Labute approximate surface area is 185 Å². The van der Waals surface area contributed by atoms with Crippen molar-refractivity contribution in [2.45, 2.75) is 30.3 Å². The third kappa shape index (κ3) is 3.99. The highest BCUT2D eigenvalue weighted by atomic mass is 32.1. The summed E-state index contributed by atoms with van der Waals surface area (Å²) in [6, 6.07) is 7.00. The molecule has 0 spiro atoms. The molecule has 3 aromatic rings. The number of halogens is 3. The molecule has 2 unspecified atom stereocenters. The van der Waals surface area contributed by atoms with Gasteiger partial charge in [-0.3, -0.25) is 9.78 Å². The third-order valence-electron chi connectivity index (χ3n) is 5.61. The van der Waals surface area contributed by atoms with Crippen LogP contribution >= 0.6 is 11.3 Å². The number of anilines is 1.